The summed E-state index contributed by atoms with van der Waals surface area (Å²) in [4.78, 5) is 28.2. The minimum Gasteiger partial charge on any atom is -0.350 e. The van der Waals surface area contributed by atoms with Crippen LogP contribution < -0.4 is 5.32 Å². The molecule has 32 heavy (non-hydrogen) atoms. The van der Waals surface area contributed by atoms with Crippen LogP contribution >= 0.6 is 11.8 Å². The number of benzene rings is 2. The van der Waals surface area contributed by atoms with Crippen LogP contribution in [0.3, 0.4) is 0 Å². The summed E-state index contributed by atoms with van der Waals surface area (Å²) in [5.41, 5.74) is 5.53. The van der Waals surface area contributed by atoms with Crippen molar-refractivity contribution in [3.05, 3.63) is 70.3 Å². The lowest BCUT2D eigenvalue weighted by molar-refractivity contribution is -0.140. The highest BCUT2D eigenvalue weighted by Gasteiger charge is 2.30. The maximum Gasteiger partial charge on any atom is 0.243 e. The van der Waals surface area contributed by atoms with Crippen LogP contribution in [-0.4, -0.2) is 34.0 Å². The molecule has 0 saturated heterocycles. The third kappa shape index (κ3) is 8.34. The minimum absolute atomic E-state index is 0.00297. The fourth-order valence-electron chi connectivity index (χ4n) is 3.87. The molecule has 2 aromatic carbocycles. The minimum atomic E-state index is -0.496. The number of carbonyl (C=O) groups is 2. The number of aryl methyl sites for hydroxylation is 3. The molecule has 0 bridgehead atoms. The van der Waals surface area contributed by atoms with E-state index in [-0.39, 0.29) is 17.4 Å². The van der Waals surface area contributed by atoms with Crippen LogP contribution in [0.4, 0.5) is 0 Å². The highest BCUT2D eigenvalue weighted by atomic mass is 32.2. The van der Waals surface area contributed by atoms with E-state index in [1.54, 1.807) is 16.7 Å². The Morgan fingerprint density at radius 2 is 1.59 bits per heavy atom. The SMILES string of the molecule is CCC(C(=O)NC(C)(C)C)N(Cc1cccc(C)c1)C(=O)CSCc1cc(C)cc(C)c1. The van der Waals surface area contributed by atoms with Gasteiger partial charge in [-0.25, -0.2) is 0 Å². The number of nitrogens with zero attached hydrogens (tertiary/aromatic N) is 1. The predicted molar refractivity (Wildman–Crippen MR) is 136 cm³/mol. The van der Waals surface area contributed by atoms with E-state index in [1.165, 1.54) is 16.7 Å². The number of thioether (sulfide) groups is 1. The van der Waals surface area contributed by atoms with Gasteiger partial charge in [-0.15, -0.1) is 11.8 Å². The Labute approximate surface area is 198 Å². The van der Waals surface area contributed by atoms with E-state index in [4.69, 9.17) is 0 Å². The summed E-state index contributed by atoms with van der Waals surface area (Å²) in [6, 6.07) is 14.1. The van der Waals surface area contributed by atoms with E-state index in [0.717, 1.165) is 16.9 Å². The molecule has 0 aliphatic carbocycles. The van der Waals surface area contributed by atoms with Gasteiger partial charge in [0.1, 0.15) is 6.04 Å². The summed E-state index contributed by atoms with van der Waals surface area (Å²) in [5.74, 6) is 1.02. The summed E-state index contributed by atoms with van der Waals surface area (Å²) in [5, 5.41) is 3.06. The fraction of sp³-hybridized carbons (Fsp3) is 0.481. The molecule has 2 aromatic rings. The van der Waals surface area contributed by atoms with Crippen LogP contribution in [0, 0.1) is 20.8 Å². The molecular formula is C27H38N2O2S. The van der Waals surface area contributed by atoms with E-state index in [1.807, 2.05) is 52.8 Å². The highest BCUT2D eigenvalue weighted by Crippen LogP contribution is 2.19. The Balaban J connectivity index is 2.17. The van der Waals surface area contributed by atoms with Crippen LogP contribution in [0.1, 0.15) is 61.9 Å². The number of rotatable bonds is 9. The molecule has 1 unspecified atom stereocenters. The second kappa shape index (κ2) is 11.6. The van der Waals surface area contributed by atoms with Gasteiger partial charge in [-0.05, 0) is 59.1 Å². The van der Waals surface area contributed by atoms with E-state index in [0.29, 0.717) is 18.7 Å². The molecule has 0 radical (unpaired) electrons. The molecule has 2 rings (SSSR count). The van der Waals surface area contributed by atoms with E-state index >= 15 is 0 Å². The quantitative estimate of drug-likeness (QED) is 0.539. The van der Waals surface area contributed by atoms with Crippen molar-refractivity contribution in [2.24, 2.45) is 0 Å². The average Bonchev–Trinajstić information content (AvgIpc) is 2.65. The van der Waals surface area contributed by atoms with Gasteiger partial charge in [0.25, 0.3) is 0 Å². The zero-order valence-corrected chi connectivity index (χ0v) is 21.4. The van der Waals surface area contributed by atoms with E-state index in [9.17, 15) is 9.59 Å². The van der Waals surface area contributed by atoms with Crippen molar-refractivity contribution >= 4 is 23.6 Å². The van der Waals surface area contributed by atoms with Gasteiger partial charge in [-0.3, -0.25) is 9.59 Å². The average molecular weight is 455 g/mol. The third-order valence-corrected chi connectivity index (χ3v) is 6.08. The Morgan fingerprint density at radius 1 is 0.969 bits per heavy atom. The summed E-state index contributed by atoms with van der Waals surface area (Å²) in [6.07, 6.45) is 0.571. The summed E-state index contributed by atoms with van der Waals surface area (Å²) in [7, 11) is 0. The van der Waals surface area contributed by atoms with Crippen LogP contribution in [0.5, 0.6) is 0 Å². The van der Waals surface area contributed by atoms with E-state index < -0.39 is 6.04 Å². The van der Waals surface area contributed by atoms with Crippen molar-refractivity contribution in [3.63, 3.8) is 0 Å². The number of amides is 2. The predicted octanol–water partition coefficient (Wildman–Crippen LogP) is 5.57. The lowest BCUT2D eigenvalue weighted by Gasteiger charge is -2.33. The van der Waals surface area contributed by atoms with Gasteiger partial charge in [0.2, 0.25) is 11.8 Å². The summed E-state index contributed by atoms with van der Waals surface area (Å²) in [6.45, 7) is 14.5. The van der Waals surface area contributed by atoms with Crippen LogP contribution in [0.2, 0.25) is 0 Å². The van der Waals surface area contributed by atoms with Crippen molar-refractivity contribution in [3.8, 4) is 0 Å². The van der Waals surface area contributed by atoms with Crippen molar-refractivity contribution < 1.29 is 9.59 Å². The van der Waals surface area contributed by atoms with Gasteiger partial charge in [0.15, 0.2) is 0 Å². The molecule has 4 nitrogen and oxygen atoms in total. The molecule has 0 heterocycles. The molecule has 0 spiro atoms. The molecule has 0 fully saturated rings. The number of carbonyl (C=O) groups excluding carboxylic acids is 2. The smallest absolute Gasteiger partial charge is 0.243 e. The molecule has 0 aliphatic heterocycles. The molecule has 0 aromatic heterocycles. The van der Waals surface area contributed by atoms with Crippen LogP contribution in [0.25, 0.3) is 0 Å². The Hall–Kier alpha value is -2.27. The largest absolute Gasteiger partial charge is 0.350 e. The van der Waals surface area contributed by atoms with Gasteiger partial charge in [0.05, 0.1) is 5.75 Å². The van der Waals surface area contributed by atoms with Gasteiger partial charge < -0.3 is 10.2 Å². The molecule has 1 N–H and O–H groups in total. The maximum atomic E-state index is 13.4. The maximum absolute atomic E-state index is 13.4. The van der Waals surface area contributed by atoms with Crippen molar-refractivity contribution in [1.29, 1.82) is 0 Å². The topological polar surface area (TPSA) is 49.4 Å². The fourth-order valence-corrected chi connectivity index (χ4v) is 4.72. The Kier molecular flexibility index (Phi) is 9.38. The van der Waals surface area contributed by atoms with Gasteiger partial charge in [0, 0.05) is 17.8 Å². The van der Waals surface area contributed by atoms with Crippen LogP contribution in [0.15, 0.2) is 42.5 Å². The van der Waals surface area contributed by atoms with Crippen molar-refractivity contribution in [1.82, 2.24) is 10.2 Å². The van der Waals surface area contributed by atoms with E-state index in [2.05, 4.69) is 43.4 Å². The lowest BCUT2D eigenvalue weighted by Crippen LogP contribution is -2.53. The zero-order valence-electron chi connectivity index (χ0n) is 20.6. The van der Waals surface area contributed by atoms with Gasteiger partial charge in [-0.2, -0.15) is 0 Å². The first-order valence-corrected chi connectivity index (χ1v) is 12.5. The van der Waals surface area contributed by atoms with Crippen LogP contribution in [-0.2, 0) is 21.9 Å². The highest BCUT2D eigenvalue weighted by molar-refractivity contribution is 7.99. The summed E-state index contributed by atoms with van der Waals surface area (Å²) < 4.78 is 0. The number of hydrogen-bond donors (Lipinski definition) is 1. The Bertz CT molecular complexity index is 913. The van der Waals surface area contributed by atoms with Gasteiger partial charge in [-0.1, -0.05) is 66.1 Å². The van der Waals surface area contributed by atoms with Crippen molar-refractivity contribution in [2.75, 3.05) is 5.75 Å². The third-order valence-electron chi connectivity index (χ3n) is 5.10. The monoisotopic (exact) mass is 454 g/mol. The molecule has 0 aliphatic rings. The zero-order chi connectivity index (χ0) is 23.9. The second-order valence-electron chi connectivity index (χ2n) is 9.66. The number of hydrogen-bond acceptors (Lipinski definition) is 3. The normalized spacial score (nSPS) is 12.3. The first-order valence-electron chi connectivity index (χ1n) is 11.3. The summed E-state index contributed by atoms with van der Waals surface area (Å²) >= 11 is 1.60. The number of nitrogens with one attached hydrogen (secondary N) is 1. The first kappa shape index (κ1) is 26.0. The molecule has 1 atom stereocenters. The second-order valence-corrected chi connectivity index (χ2v) is 10.6. The van der Waals surface area contributed by atoms with Gasteiger partial charge >= 0.3 is 0 Å². The van der Waals surface area contributed by atoms with Crippen molar-refractivity contribution in [2.45, 2.75) is 78.8 Å². The molecule has 2 amide bonds. The molecule has 174 valence electrons. The Morgan fingerprint density at radius 3 is 2.16 bits per heavy atom. The first-order chi connectivity index (χ1) is 15.0. The lowest BCUT2D eigenvalue weighted by atomic mass is 10.1. The molecule has 5 heteroatoms. The molecule has 0 saturated carbocycles. The standard InChI is InChI=1S/C27H38N2O2S/c1-8-24(26(31)28-27(5,6)7)29(16-22-11-9-10-19(2)13-22)25(30)18-32-17-23-14-20(3)12-21(4)15-23/h9-15,24H,8,16-18H2,1-7H3,(H,28,31). The molecular weight excluding hydrogens is 416 g/mol.